The fourth-order valence-electron chi connectivity index (χ4n) is 3.36. The lowest BCUT2D eigenvalue weighted by molar-refractivity contribution is -0.136. The van der Waals surface area contributed by atoms with Crippen LogP contribution in [-0.2, 0) is 11.3 Å². The smallest absolute Gasteiger partial charge is 0.227 e. The van der Waals surface area contributed by atoms with Crippen LogP contribution in [0.5, 0.6) is 0 Å². The van der Waals surface area contributed by atoms with E-state index in [1.165, 1.54) is 0 Å². The fraction of sp³-hybridized carbons (Fsp3) is 0.474. The summed E-state index contributed by atoms with van der Waals surface area (Å²) in [5, 5.41) is 1.26. The molecule has 1 amide bonds. The summed E-state index contributed by atoms with van der Waals surface area (Å²) >= 11 is 12.2. The molecule has 0 bridgehead atoms. The molecule has 0 N–H and O–H groups in total. The van der Waals surface area contributed by atoms with E-state index < -0.39 is 0 Å². The topological polar surface area (TPSA) is 41.4 Å². The zero-order valence-corrected chi connectivity index (χ0v) is 16.7. The Balaban J connectivity index is 1.61. The van der Waals surface area contributed by atoms with Crippen molar-refractivity contribution < 1.29 is 4.79 Å². The lowest BCUT2D eigenvalue weighted by atomic mass is 10.0. The Morgan fingerprint density at radius 3 is 2.35 bits per heavy atom. The predicted octanol–water partition coefficient (Wildman–Crippen LogP) is 3.87. The normalized spacial score (nSPS) is 16.0. The number of amides is 1. The summed E-state index contributed by atoms with van der Waals surface area (Å²) in [5.41, 5.74) is 2.09. The SMILES string of the molecule is CCC(Cn1cncc1C)C(=O)N1CCN(c2cc(Cl)cc(Cl)c2)CC1. The summed E-state index contributed by atoms with van der Waals surface area (Å²) in [6.45, 7) is 7.75. The Kier molecular flexibility index (Phi) is 6.09. The average molecular weight is 395 g/mol. The number of rotatable bonds is 5. The Labute approximate surface area is 164 Å². The summed E-state index contributed by atoms with van der Waals surface area (Å²) in [6, 6.07) is 5.57. The molecule has 1 aliphatic rings. The molecule has 0 saturated carbocycles. The number of aryl methyl sites for hydroxylation is 1. The second kappa shape index (κ2) is 8.31. The van der Waals surface area contributed by atoms with Gasteiger partial charge in [-0.25, -0.2) is 4.98 Å². The largest absolute Gasteiger partial charge is 0.368 e. The molecule has 1 aromatic heterocycles. The molecule has 26 heavy (non-hydrogen) atoms. The van der Waals surface area contributed by atoms with Crippen molar-refractivity contribution >= 4 is 34.8 Å². The Bertz CT molecular complexity index is 748. The first-order valence-corrected chi connectivity index (χ1v) is 9.70. The number of benzene rings is 1. The molecule has 0 radical (unpaired) electrons. The van der Waals surface area contributed by atoms with Crippen molar-refractivity contribution in [3.8, 4) is 0 Å². The molecule has 1 saturated heterocycles. The Morgan fingerprint density at radius 2 is 1.81 bits per heavy atom. The van der Waals surface area contributed by atoms with Crippen LogP contribution in [0.3, 0.4) is 0 Å². The molecule has 1 aliphatic heterocycles. The maximum Gasteiger partial charge on any atom is 0.227 e. The number of carbonyl (C=O) groups is 1. The van der Waals surface area contributed by atoms with E-state index in [1.807, 2.05) is 30.2 Å². The molecule has 7 heteroatoms. The first kappa shape index (κ1) is 19.1. The van der Waals surface area contributed by atoms with E-state index in [4.69, 9.17) is 23.2 Å². The van der Waals surface area contributed by atoms with Gasteiger partial charge in [0.25, 0.3) is 0 Å². The van der Waals surface area contributed by atoms with Crippen LogP contribution in [0, 0.1) is 12.8 Å². The number of aromatic nitrogens is 2. The van der Waals surface area contributed by atoms with Crippen molar-refractivity contribution in [1.82, 2.24) is 14.5 Å². The van der Waals surface area contributed by atoms with Crippen LogP contribution >= 0.6 is 23.2 Å². The van der Waals surface area contributed by atoms with Gasteiger partial charge < -0.3 is 14.4 Å². The van der Waals surface area contributed by atoms with Crippen molar-refractivity contribution in [3.63, 3.8) is 0 Å². The number of anilines is 1. The molecule has 2 aromatic rings. The summed E-state index contributed by atoms with van der Waals surface area (Å²) in [6.07, 6.45) is 4.44. The van der Waals surface area contributed by atoms with Gasteiger partial charge in [0.05, 0.1) is 12.2 Å². The maximum atomic E-state index is 12.9. The molecule has 140 valence electrons. The van der Waals surface area contributed by atoms with Crippen LogP contribution in [0.15, 0.2) is 30.7 Å². The number of piperazine rings is 1. The number of halogens is 2. The van der Waals surface area contributed by atoms with Gasteiger partial charge in [-0.1, -0.05) is 30.1 Å². The van der Waals surface area contributed by atoms with Gasteiger partial charge in [-0.15, -0.1) is 0 Å². The molecule has 0 spiro atoms. The fourth-order valence-corrected chi connectivity index (χ4v) is 3.88. The molecule has 3 rings (SSSR count). The molecule has 1 aromatic carbocycles. The van der Waals surface area contributed by atoms with Crippen molar-refractivity contribution in [2.75, 3.05) is 31.1 Å². The summed E-state index contributed by atoms with van der Waals surface area (Å²) < 4.78 is 2.05. The standard InChI is InChI=1S/C19H24Cl2N4O/c1-3-15(12-25-13-22-11-14(25)2)19(26)24-6-4-23(5-7-24)18-9-16(20)8-17(21)10-18/h8-11,13,15H,3-7,12H2,1-2H3. The van der Waals surface area contributed by atoms with Crippen molar-refractivity contribution in [3.05, 3.63) is 46.5 Å². The molecule has 1 unspecified atom stereocenters. The van der Waals surface area contributed by atoms with Crippen LogP contribution < -0.4 is 4.90 Å². The highest BCUT2D eigenvalue weighted by atomic mass is 35.5. The third-order valence-electron chi connectivity index (χ3n) is 4.98. The van der Waals surface area contributed by atoms with Crippen molar-refractivity contribution in [2.24, 2.45) is 5.92 Å². The van der Waals surface area contributed by atoms with Crippen LogP contribution in [-0.4, -0.2) is 46.5 Å². The molecule has 5 nitrogen and oxygen atoms in total. The zero-order chi connectivity index (χ0) is 18.7. The number of nitrogens with zero attached hydrogens (tertiary/aromatic N) is 4. The molecular weight excluding hydrogens is 371 g/mol. The third-order valence-corrected chi connectivity index (χ3v) is 5.42. The van der Waals surface area contributed by atoms with E-state index in [9.17, 15) is 4.79 Å². The van der Waals surface area contributed by atoms with Gasteiger partial charge in [0.2, 0.25) is 5.91 Å². The van der Waals surface area contributed by atoms with E-state index >= 15 is 0 Å². The molecule has 1 fully saturated rings. The maximum absolute atomic E-state index is 12.9. The number of imidazole rings is 1. The number of hydrogen-bond acceptors (Lipinski definition) is 3. The van der Waals surface area contributed by atoms with Crippen LogP contribution in [0.4, 0.5) is 5.69 Å². The minimum atomic E-state index is -0.0185. The summed E-state index contributed by atoms with van der Waals surface area (Å²) in [5.74, 6) is 0.208. The quantitative estimate of drug-likeness (QED) is 0.772. The summed E-state index contributed by atoms with van der Waals surface area (Å²) in [4.78, 5) is 21.3. The Hall–Kier alpha value is -1.72. The van der Waals surface area contributed by atoms with Crippen LogP contribution in [0.1, 0.15) is 19.0 Å². The molecule has 0 aliphatic carbocycles. The van der Waals surface area contributed by atoms with Crippen molar-refractivity contribution in [2.45, 2.75) is 26.8 Å². The highest BCUT2D eigenvalue weighted by molar-refractivity contribution is 6.35. The van der Waals surface area contributed by atoms with Crippen LogP contribution in [0.2, 0.25) is 10.0 Å². The van der Waals surface area contributed by atoms with Crippen molar-refractivity contribution in [1.29, 1.82) is 0 Å². The second-order valence-corrected chi connectivity index (χ2v) is 7.61. The lowest BCUT2D eigenvalue weighted by Gasteiger charge is -2.37. The van der Waals surface area contributed by atoms with Gasteiger partial charge in [-0.05, 0) is 31.5 Å². The zero-order valence-electron chi connectivity index (χ0n) is 15.2. The Morgan fingerprint density at radius 1 is 1.15 bits per heavy atom. The van der Waals surface area contributed by atoms with E-state index in [-0.39, 0.29) is 11.8 Å². The van der Waals surface area contributed by atoms with Gasteiger partial charge >= 0.3 is 0 Å². The first-order chi connectivity index (χ1) is 12.5. The van der Waals surface area contributed by atoms with Gasteiger partial charge in [0.15, 0.2) is 0 Å². The van der Waals surface area contributed by atoms with E-state index in [1.54, 1.807) is 12.4 Å². The van der Waals surface area contributed by atoms with E-state index in [0.717, 1.165) is 30.9 Å². The lowest BCUT2D eigenvalue weighted by Crippen LogP contribution is -2.50. The number of carbonyl (C=O) groups excluding carboxylic acids is 1. The second-order valence-electron chi connectivity index (χ2n) is 6.73. The number of hydrogen-bond donors (Lipinski definition) is 0. The minimum absolute atomic E-state index is 0.0185. The average Bonchev–Trinajstić information content (AvgIpc) is 3.03. The van der Waals surface area contributed by atoms with Gasteiger partial charge in [0, 0.05) is 60.3 Å². The first-order valence-electron chi connectivity index (χ1n) is 8.94. The van der Waals surface area contributed by atoms with E-state index in [2.05, 4.69) is 21.4 Å². The summed E-state index contributed by atoms with van der Waals surface area (Å²) in [7, 11) is 0. The minimum Gasteiger partial charge on any atom is -0.368 e. The predicted molar refractivity (Wildman–Crippen MR) is 106 cm³/mol. The molecule has 1 atom stereocenters. The monoisotopic (exact) mass is 394 g/mol. The van der Waals surface area contributed by atoms with Gasteiger partial charge in [-0.2, -0.15) is 0 Å². The van der Waals surface area contributed by atoms with Crippen LogP contribution in [0.25, 0.3) is 0 Å². The third kappa shape index (κ3) is 4.33. The molecular formula is C19H24Cl2N4O. The van der Waals surface area contributed by atoms with Gasteiger partial charge in [0.1, 0.15) is 0 Å². The molecule has 2 heterocycles. The highest BCUT2D eigenvalue weighted by Crippen LogP contribution is 2.26. The highest BCUT2D eigenvalue weighted by Gasteiger charge is 2.27. The van der Waals surface area contributed by atoms with Gasteiger partial charge in [-0.3, -0.25) is 4.79 Å². The van der Waals surface area contributed by atoms with E-state index in [0.29, 0.717) is 29.7 Å².